The minimum absolute atomic E-state index is 0.0618. The molecule has 30 heavy (non-hydrogen) atoms. The van der Waals surface area contributed by atoms with Crippen LogP contribution in [0, 0.1) is 0 Å². The summed E-state index contributed by atoms with van der Waals surface area (Å²) in [4.78, 5) is 8.35. The summed E-state index contributed by atoms with van der Waals surface area (Å²) in [7, 11) is 0. The van der Waals surface area contributed by atoms with E-state index in [0.717, 1.165) is 36.8 Å². The zero-order valence-corrected chi connectivity index (χ0v) is 17.6. The third-order valence-corrected chi connectivity index (χ3v) is 7.62. The van der Waals surface area contributed by atoms with Gasteiger partial charge in [-0.15, -0.1) is 0 Å². The van der Waals surface area contributed by atoms with Crippen LogP contribution < -0.4 is 16.0 Å². The number of pyridine rings is 2. The minimum atomic E-state index is -0.404. The number of hydrogen-bond acceptors (Lipinski definition) is 6. The summed E-state index contributed by atoms with van der Waals surface area (Å²) in [5.41, 5.74) is 1.24. The van der Waals surface area contributed by atoms with Crippen molar-refractivity contribution in [3.05, 3.63) is 54.5 Å². The van der Waals surface area contributed by atoms with Gasteiger partial charge in [-0.05, 0) is 69.6 Å². The maximum absolute atomic E-state index is 10.4. The van der Waals surface area contributed by atoms with Gasteiger partial charge in [-0.2, -0.15) is 0 Å². The van der Waals surface area contributed by atoms with E-state index in [9.17, 15) is 5.11 Å². The van der Waals surface area contributed by atoms with Gasteiger partial charge < -0.3 is 21.1 Å². The molecule has 4 aliphatic heterocycles. The fourth-order valence-corrected chi connectivity index (χ4v) is 5.88. The normalized spacial score (nSPS) is 34.4. The SMILES string of the molecule is OC(c1cccnc1)C12CCC(CC1)N2.c1ccc(NCC23CCC(CC2)N3)nc1. The number of aromatic nitrogens is 2. The first-order valence-electron chi connectivity index (χ1n) is 11.4. The lowest BCUT2D eigenvalue weighted by Gasteiger charge is -2.31. The fourth-order valence-electron chi connectivity index (χ4n) is 5.88. The molecule has 4 bridgehead atoms. The first-order chi connectivity index (χ1) is 14.7. The third-order valence-electron chi connectivity index (χ3n) is 7.62. The quantitative estimate of drug-likeness (QED) is 0.610. The van der Waals surface area contributed by atoms with Crippen LogP contribution in [0.4, 0.5) is 5.82 Å². The van der Waals surface area contributed by atoms with Crippen molar-refractivity contribution in [3.8, 4) is 0 Å². The van der Waals surface area contributed by atoms with Gasteiger partial charge in [0.25, 0.3) is 0 Å². The van der Waals surface area contributed by atoms with Crippen molar-refractivity contribution in [1.29, 1.82) is 0 Å². The molecule has 0 amide bonds. The van der Waals surface area contributed by atoms with Crippen LogP contribution in [-0.4, -0.2) is 44.8 Å². The summed E-state index contributed by atoms with van der Waals surface area (Å²) in [6.45, 7) is 1.01. The van der Waals surface area contributed by atoms with Crippen molar-refractivity contribution in [2.45, 2.75) is 80.6 Å². The molecule has 4 saturated heterocycles. The molecule has 1 atom stereocenters. The molecule has 1 unspecified atom stereocenters. The molecule has 0 spiro atoms. The molecule has 0 radical (unpaired) electrons. The van der Waals surface area contributed by atoms with E-state index in [1.807, 2.05) is 36.5 Å². The van der Waals surface area contributed by atoms with E-state index < -0.39 is 6.10 Å². The van der Waals surface area contributed by atoms with Gasteiger partial charge in [-0.3, -0.25) is 4.98 Å². The monoisotopic (exact) mass is 407 g/mol. The Bertz CT molecular complexity index is 814. The van der Waals surface area contributed by atoms with Crippen LogP contribution in [0.1, 0.15) is 63.0 Å². The molecule has 0 aromatic carbocycles. The Morgan fingerprint density at radius 1 is 0.967 bits per heavy atom. The topological polar surface area (TPSA) is 82.1 Å². The smallest absolute Gasteiger partial charge is 0.125 e. The number of fused-ring (bicyclic) bond motifs is 4. The van der Waals surface area contributed by atoms with E-state index in [-0.39, 0.29) is 5.54 Å². The third kappa shape index (κ3) is 3.96. The highest BCUT2D eigenvalue weighted by Crippen LogP contribution is 2.45. The van der Waals surface area contributed by atoms with Gasteiger partial charge in [0, 0.05) is 53.9 Å². The van der Waals surface area contributed by atoms with E-state index in [0.29, 0.717) is 11.6 Å². The molecular formula is C24H33N5O. The van der Waals surface area contributed by atoms with Crippen LogP contribution in [0.15, 0.2) is 48.9 Å². The number of anilines is 1. The van der Waals surface area contributed by atoms with Crippen molar-refractivity contribution in [2.75, 3.05) is 11.9 Å². The van der Waals surface area contributed by atoms with E-state index >= 15 is 0 Å². The Hall–Kier alpha value is -2.02. The number of aliphatic hydroxyl groups excluding tert-OH is 1. The Kier molecular flexibility index (Phi) is 5.48. The molecule has 2 aromatic rings. The Labute approximate surface area is 178 Å². The molecule has 6 nitrogen and oxygen atoms in total. The maximum Gasteiger partial charge on any atom is 0.125 e. The summed E-state index contributed by atoms with van der Waals surface area (Å²) in [6, 6.07) is 11.3. The van der Waals surface area contributed by atoms with Gasteiger partial charge in [0.2, 0.25) is 0 Å². The van der Waals surface area contributed by atoms with Crippen LogP contribution in [0.5, 0.6) is 0 Å². The minimum Gasteiger partial charge on any atom is -0.386 e. The molecular weight excluding hydrogens is 374 g/mol. The molecule has 0 aliphatic carbocycles. The Balaban J connectivity index is 0.000000128. The van der Waals surface area contributed by atoms with Gasteiger partial charge in [0.15, 0.2) is 0 Å². The first kappa shape index (κ1) is 19.9. The van der Waals surface area contributed by atoms with Gasteiger partial charge >= 0.3 is 0 Å². The van der Waals surface area contributed by atoms with Crippen molar-refractivity contribution in [3.63, 3.8) is 0 Å². The molecule has 4 aliphatic rings. The summed E-state index contributed by atoms with van der Waals surface area (Å²) in [6.07, 6.45) is 14.9. The fraction of sp³-hybridized carbons (Fsp3) is 0.583. The lowest BCUT2D eigenvalue weighted by Crippen LogP contribution is -2.42. The number of rotatable bonds is 5. The number of hydrogen-bond donors (Lipinski definition) is 4. The summed E-state index contributed by atoms with van der Waals surface area (Å²) in [5, 5.41) is 21.1. The van der Waals surface area contributed by atoms with Gasteiger partial charge in [0.1, 0.15) is 5.82 Å². The Morgan fingerprint density at radius 3 is 2.30 bits per heavy atom. The molecule has 160 valence electrons. The molecule has 4 fully saturated rings. The summed E-state index contributed by atoms with van der Waals surface area (Å²) in [5.74, 6) is 0.990. The van der Waals surface area contributed by atoms with Gasteiger partial charge in [-0.25, -0.2) is 4.98 Å². The molecule has 6 heterocycles. The summed E-state index contributed by atoms with van der Waals surface area (Å²) >= 11 is 0. The predicted octanol–water partition coefficient (Wildman–Crippen LogP) is 3.18. The highest BCUT2D eigenvalue weighted by Gasteiger charge is 2.49. The van der Waals surface area contributed by atoms with Crippen molar-refractivity contribution >= 4 is 5.82 Å². The number of nitrogens with zero attached hydrogens (tertiary/aromatic N) is 2. The summed E-state index contributed by atoms with van der Waals surface area (Å²) < 4.78 is 0. The molecule has 0 saturated carbocycles. The van der Waals surface area contributed by atoms with Crippen molar-refractivity contribution in [2.24, 2.45) is 0 Å². The second-order valence-electron chi connectivity index (χ2n) is 9.53. The van der Waals surface area contributed by atoms with Gasteiger partial charge in [-0.1, -0.05) is 12.1 Å². The standard InChI is InChI=1S/C12H17N3.C12H16N2O/c1-2-8-13-11(3-1)14-9-12-6-4-10(15-12)5-7-12;15-11(9-2-1-7-13-8-9)12-5-3-10(14-12)4-6-12/h1-3,8,10,15H,4-7,9H2,(H,13,14);1-2,7-8,10-11,14-15H,3-6H2. The van der Waals surface area contributed by atoms with E-state index in [1.54, 1.807) is 12.4 Å². The lowest BCUT2D eigenvalue weighted by molar-refractivity contribution is 0.0738. The van der Waals surface area contributed by atoms with Crippen LogP contribution >= 0.6 is 0 Å². The second-order valence-corrected chi connectivity index (χ2v) is 9.53. The zero-order valence-electron chi connectivity index (χ0n) is 17.6. The lowest BCUT2D eigenvalue weighted by atomic mass is 9.81. The average molecular weight is 408 g/mol. The average Bonchev–Trinajstić information content (AvgIpc) is 3.61. The molecule has 4 N–H and O–H groups in total. The zero-order chi connectivity index (χ0) is 20.4. The molecule has 6 heteroatoms. The Morgan fingerprint density at radius 2 is 1.73 bits per heavy atom. The highest BCUT2D eigenvalue weighted by molar-refractivity contribution is 5.34. The number of nitrogens with one attached hydrogen (secondary N) is 3. The molecule has 2 aromatic heterocycles. The van der Waals surface area contributed by atoms with Crippen LogP contribution in [0.2, 0.25) is 0 Å². The van der Waals surface area contributed by atoms with E-state index in [2.05, 4.69) is 25.9 Å². The second kappa shape index (κ2) is 8.25. The predicted molar refractivity (Wildman–Crippen MR) is 118 cm³/mol. The highest BCUT2D eigenvalue weighted by atomic mass is 16.3. The number of aliphatic hydroxyl groups is 1. The van der Waals surface area contributed by atoms with E-state index in [1.165, 1.54) is 38.5 Å². The van der Waals surface area contributed by atoms with Crippen LogP contribution in [0.25, 0.3) is 0 Å². The van der Waals surface area contributed by atoms with Gasteiger partial charge in [0.05, 0.1) is 6.10 Å². The first-order valence-corrected chi connectivity index (χ1v) is 11.4. The maximum atomic E-state index is 10.4. The van der Waals surface area contributed by atoms with Crippen molar-refractivity contribution < 1.29 is 5.11 Å². The molecule has 6 rings (SSSR count). The van der Waals surface area contributed by atoms with E-state index in [4.69, 9.17) is 0 Å². The largest absolute Gasteiger partial charge is 0.386 e. The van der Waals surface area contributed by atoms with Crippen LogP contribution in [-0.2, 0) is 0 Å². The van der Waals surface area contributed by atoms with Crippen molar-refractivity contribution in [1.82, 2.24) is 20.6 Å². The van der Waals surface area contributed by atoms with Crippen LogP contribution in [0.3, 0.4) is 0 Å².